The lowest BCUT2D eigenvalue weighted by molar-refractivity contribution is -0.136. The van der Waals surface area contributed by atoms with Crippen LogP contribution in [0.15, 0.2) is 35.9 Å². The van der Waals surface area contributed by atoms with Crippen LogP contribution in [0.4, 0.5) is 0 Å². The molecule has 0 bridgehead atoms. The number of methoxy groups -OCH3 is 1. The predicted octanol–water partition coefficient (Wildman–Crippen LogP) is 3.83. The highest BCUT2D eigenvalue weighted by Gasteiger charge is 2.18. The maximum atomic E-state index is 11.5. The average Bonchev–Trinajstić information content (AvgIpc) is 2.46. The van der Waals surface area contributed by atoms with E-state index in [0.717, 1.165) is 31.3 Å². The number of allylic oxidation sites excluding steroid dienone is 1. The normalized spacial score (nSPS) is 18.8. The van der Waals surface area contributed by atoms with Gasteiger partial charge in [-0.3, -0.25) is 0 Å². The van der Waals surface area contributed by atoms with Crippen molar-refractivity contribution in [2.24, 2.45) is 5.92 Å². The van der Waals surface area contributed by atoms with E-state index in [1.807, 2.05) is 0 Å². The third-order valence-corrected chi connectivity index (χ3v) is 3.83. The molecule has 0 fully saturated rings. The molecule has 2 heteroatoms. The largest absolute Gasteiger partial charge is 0.466 e. The Kier molecular flexibility index (Phi) is 4.78. The van der Waals surface area contributed by atoms with Gasteiger partial charge in [-0.05, 0) is 50.5 Å². The fourth-order valence-electron chi connectivity index (χ4n) is 2.64. The Morgan fingerprint density at radius 1 is 1.32 bits per heavy atom. The van der Waals surface area contributed by atoms with Crippen LogP contribution in [0, 0.1) is 12.8 Å². The van der Waals surface area contributed by atoms with Crippen molar-refractivity contribution in [3.8, 4) is 0 Å². The molecule has 0 heterocycles. The summed E-state index contributed by atoms with van der Waals surface area (Å²) in [6, 6.07) is 8.71. The van der Waals surface area contributed by atoms with E-state index in [1.165, 1.54) is 24.7 Å². The van der Waals surface area contributed by atoms with Crippen LogP contribution < -0.4 is 0 Å². The highest BCUT2D eigenvalue weighted by Crippen LogP contribution is 2.27. The van der Waals surface area contributed by atoms with Gasteiger partial charge in [-0.15, -0.1) is 0 Å². The number of hydrogen-bond acceptors (Lipinski definition) is 2. The van der Waals surface area contributed by atoms with Crippen molar-refractivity contribution >= 4 is 5.97 Å². The summed E-state index contributed by atoms with van der Waals surface area (Å²) in [5.74, 6) is 0.365. The van der Waals surface area contributed by atoms with Crippen LogP contribution >= 0.6 is 0 Å². The van der Waals surface area contributed by atoms with E-state index in [9.17, 15) is 4.79 Å². The molecule has 1 aromatic rings. The SMILES string of the molecule is COC(=O)C1=CC(CCc2ccc(C)cc2)CCC1. The Labute approximate surface area is 115 Å². The van der Waals surface area contributed by atoms with Crippen molar-refractivity contribution < 1.29 is 9.53 Å². The van der Waals surface area contributed by atoms with Gasteiger partial charge in [0.25, 0.3) is 0 Å². The molecule has 0 saturated heterocycles. The molecular weight excluding hydrogens is 236 g/mol. The number of hydrogen-bond donors (Lipinski definition) is 0. The minimum atomic E-state index is -0.153. The van der Waals surface area contributed by atoms with Gasteiger partial charge in [0.2, 0.25) is 0 Å². The summed E-state index contributed by atoms with van der Waals surface area (Å²) in [6.45, 7) is 2.11. The zero-order valence-electron chi connectivity index (χ0n) is 11.8. The highest BCUT2D eigenvalue weighted by atomic mass is 16.5. The molecule has 0 saturated carbocycles. The van der Waals surface area contributed by atoms with Gasteiger partial charge in [0.15, 0.2) is 0 Å². The first-order chi connectivity index (χ1) is 9.19. The highest BCUT2D eigenvalue weighted by molar-refractivity contribution is 5.88. The monoisotopic (exact) mass is 258 g/mol. The minimum absolute atomic E-state index is 0.153. The Hall–Kier alpha value is -1.57. The van der Waals surface area contributed by atoms with Gasteiger partial charge in [-0.2, -0.15) is 0 Å². The van der Waals surface area contributed by atoms with Gasteiger partial charge in [0.05, 0.1) is 7.11 Å². The van der Waals surface area contributed by atoms with Crippen molar-refractivity contribution in [1.29, 1.82) is 0 Å². The summed E-state index contributed by atoms with van der Waals surface area (Å²) in [5, 5.41) is 0. The number of benzene rings is 1. The summed E-state index contributed by atoms with van der Waals surface area (Å²) in [7, 11) is 1.46. The lowest BCUT2D eigenvalue weighted by Crippen LogP contribution is -2.13. The summed E-state index contributed by atoms with van der Waals surface area (Å²) < 4.78 is 4.81. The molecule has 0 N–H and O–H groups in total. The molecule has 19 heavy (non-hydrogen) atoms. The molecule has 2 nitrogen and oxygen atoms in total. The van der Waals surface area contributed by atoms with E-state index >= 15 is 0 Å². The number of rotatable bonds is 4. The smallest absolute Gasteiger partial charge is 0.333 e. The molecule has 0 spiro atoms. The van der Waals surface area contributed by atoms with E-state index < -0.39 is 0 Å². The third kappa shape index (κ3) is 3.95. The predicted molar refractivity (Wildman–Crippen MR) is 76.9 cm³/mol. The maximum Gasteiger partial charge on any atom is 0.333 e. The zero-order valence-corrected chi connectivity index (χ0v) is 11.8. The number of carbonyl (C=O) groups is 1. The zero-order chi connectivity index (χ0) is 13.7. The lowest BCUT2D eigenvalue weighted by atomic mass is 9.86. The van der Waals surface area contributed by atoms with E-state index in [2.05, 4.69) is 37.3 Å². The van der Waals surface area contributed by atoms with Crippen LogP contribution in [-0.2, 0) is 16.0 Å². The Morgan fingerprint density at radius 3 is 2.74 bits per heavy atom. The first-order valence-corrected chi connectivity index (χ1v) is 7.03. The molecule has 102 valence electrons. The van der Waals surface area contributed by atoms with E-state index in [0.29, 0.717) is 5.92 Å². The van der Waals surface area contributed by atoms with Crippen LogP contribution in [0.3, 0.4) is 0 Å². The van der Waals surface area contributed by atoms with Crippen LogP contribution in [0.25, 0.3) is 0 Å². The molecule has 1 aliphatic carbocycles. The van der Waals surface area contributed by atoms with E-state index in [1.54, 1.807) is 0 Å². The second-order valence-electron chi connectivity index (χ2n) is 5.36. The summed E-state index contributed by atoms with van der Waals surface area (Å²) >= 11 is 0. The quantitative estimate of drug-likeness (QED) is 0.767. The lowest BCUT2D eigenvalue weighted by Gasteiger charge is -2.19. The van der Waals surface area contributed by atoms with Crippen molar-refractivity contribution in [2.75, 3.05) is 7.11 Å². The number of aryl methyl sites for hydroxylation is 2. The fourth-order valence-corrected chi connectivity index (χ4v) is 2.64. The van der Waals surface area contributed by atoms with Crippen molar-refractivity contribution in [3.05, 3.63) is 47.0 Å². The number of esters is 1. The van der Waals surface area contributed by atoms with E-state index in [4.69, 9.17) is 4.74 Å². The summed E-state index contributed by atoms with van der Waals surface area (Å²) in [4.78, 5) is 11.5. The van der Waals surface area contributed by atoms with Gasteiger partial charge < -0.3 is 4.74 Å². The van der Waals surface area contributed by atoms with Crippen LogP contribution in [-0.4, -0.2) is 13.1 Å². The van der Waals surface area contributed by atoms with Gasteiger partial charge in [0.1, 0.15) is 0 Å². The molecular formula is C17H22O2. The molecule has 0 aromatic heterocycles. The van der Waals surface area contributed by atoms with Crippen molar-refractivity contribution in [2.45, 2.75) is 39.0 Å². The molecule has 1 aromatic carbocycles. The van der Waals surface area contributed by atoms with Gasteiger partial charge in [-0.1, -0.05) is 35.9 Å². The van der Waals surface area contributed by atoms with Crippen molar-refractivity contribution in [3.63, 3.8) is 0 Å². The van der Waals surface area contributed by atoms with Crippen LogP contribution in [0.2, 0.25) is 0 Å². The molecule has 0 amide bonds. The Morgan fingerprint density at radius 2 is 2.05 bits per heavy atom. The molecule has 2 rings (SSSR count). The molecule has 1 atom stereocenters. The maximum absolute atomic E-state index is 11.5. The van der Waals surface area contributed by atoms with Gasteiger partial charge in [0, 0.05) is 5.57 Å². The molecule has 1 unspecified atom stereocenters. The molecule has 1 aliphatic rings. The summed E-state index contributed by atoms with van der Waals surface area (Å²) in [5.41, 5.74) is 3.54. The second kappa shape index (κ2) is 6.55. The summed E-state index contributed by atoms with van der Waals surface area (Å²) in [6.07, 6.45) is 7.47. The fraction of sp³-hybridized carbons (Fsp3) is 0.471. The van der Waals surface area contributed by atoms with Gasteiger partial charge >= 0.3 is 5.97 Å². The third-order valence-electron chi connectivity index (χ3n) is 3.83. The molecule has 0 radical (unpaired) electrons. The molecule has 0 aliphatic heterocycles. The second-order valence-corrected chi connectivity index (χ2v) is 5.36. The van der Waals surface area contributed by atoms with E-state index in [-0.39, 0.29) is 5.97 Å². The number of ether oxygens (including phenoxy) is 1. The Bertz CT molecular complexity index is 457. The first kappa shape index (κ1) is 13.9. The van der Waals surface area contributed by atoms with Crippen LogP contribution in [0.5, 0.6) is 0 Å². The minimum Gasteiger partial charge on any atom is -0.466 e. The van der Waals surface area contributed by atoms with Gasteiger partial charge in [-0.25, -0.2) is 4.79 Å². The first-order valence-electron chi connectivity index (χ1n) is 7.03. The standard InChI is InChI=1S/C17H22O2/c1-13-6-8-14(9-7-13)10-11-15-4-3-5-16(12-15)17(18)19-2/h6-9,12,15H,3-5,10-11H2,1-2H3. The number of carbonyl (C=O) groups excluding carboxylic acids is 1. The van der Waals surface area contributed by atoms with Crippen molar-refractivity contribution in [1.82, 2.24) is 0 Å². The van der Waals surface area contributed by atoms with Crippen LogP contribution in [0.1, 0.15) is 36.8 Å². The topological polar surface area (TPSA) is 26.3 Å². The Balaban J connectivity index is 1.92. The average molecular weight is 258 g/mol.